The first-order chi connectivity index (χ1) is 9.72. The predicted octanol–water partition coefficient (Wildman–Crippen LogP) is 3.22. The Labute approximate surface area is 117 Å². The maximum atomic E-state index is 4.17. The van der Waals surface area contributed by atoms with Gasteiger partial charge in [-0.25, -0.2) is 0 Å². The molecule has 3 aromatic rings. The van der Waals surface area contributed by atoms with Crippen LogP contribution in [0.2, 0.25) is 0 Å². The molecule has 0 spiro atoms. The second-order valence-electron chi connectivity index (χ2n) is 4.79. The average Bonchev–Trinajstić information content (AvgIpc) is 2.47. The SMILES string of the molecule is Cc1cccc(-c2nnc(-c3cccc(C)c3)nn2)c1. The van der Waals surface area contributed by atoms with Gasteiger partial charge in [0.25, 0.3) is 0 Å². The number of aromatic nitrogens is 4. The van der Waals surface area contributed by atoms with Gasteiger partial charge >= 0.3 is 0 Å². The molecule has 0 unspecified atom stereocenters. The summed E-state index contributed by atoms with van der Waals surface area (Å²) in [6, 6.07) is 16.0. The lowest BCUT2D eigenvalue weighted by atomic mass is 10.1. The van der Waals surface area contributed by atoms with Gasteiger partial charge in [0.15, 0.2) is 0 Å². The van der Waals surface area contributed by atoms with Crippen LogP contribution in [0.3, 0.4) is 0 Å². The van der Waals surface area contributed by atoms with Crippen LogP contribution in [-0.4, -0.2) is 20.4 Å². The van der Waals surface area contributed by atoms with E-state index in [2.05, 4.69) is 20.4 Å². The zero-order valence-corrected chi connectivity index (χ0v) is 11.4. The van der Waals surface area contributed by atoms with Gasteiger partial charge in [-0.05, 0) is 26.0 Å². The molecular weight excluding hydrogens is 248 g/mol. The van der Waals surface area contributed by atoms with E-state index in [1.54, 1.807) is 0 Å². The maximum Gasteiger partial charge on any atom is 0.203 e. The first-order valence-electron chi connectivity index (χ1n) is 6.44. The minimum atomic E-state index is 0.546. The Morgan fingerprint density at radius 1 is 0.600 bits per heavy atom. The van der Waals surface area contributed by atoms with Crippen molar-refractivity contribution in [3.63, 3.8) is 0 Å². The first-order valence-corrected chi connectivity index (χ1v) is 6.44. The molecule has 0 aliphatic heterocycles. The molecule has 0 amide bonds. The molecule has 2 aromatic carbocycles. The first kappa shape index (κ1) is 12.4. The van der Waals surface area contributed by atoms with E-state index in [1.807, 2.05) is 62.4 Å². The molecule has 0 radical (unpaired) electrons. The molecule has 4 heteroatoms. The molecule has 3 rings (SSSR count). The maximum absolute atomic E-state index is 4.17. The van der Waals surface area contributed by atoms with Gasteiger partial charge in [0.1, 0.15) is 0 Å². The van der Waals surface area contributed by atoms with Crippen molar-refractivity contribution < 1.29 is 0 Å². The predicted molar refractivity (Wildman–Crippen MR) is 78.0 cm³/mol. The lowest BCUT2D eigenvalue weighted by Gasteiger charge is -2.02. The van der Waals surface area contributed by atoms with Crippen molar-refractivity contribution >= 4 is 0 Å². The number of rotatable bonds is 2. The number of benzene rings is 2. The second-order valence-corrected chi connectivity index (χ2v) is 4.79. The van der Waals surface area contributed by atoms with Crippen LogP contribution in [0.15, 0.2) is 48.5 Å². The van der Waals surface area contributed by atoms with Crippen LogP contribution in [0.5, 0.6) is 0 Å². The fraction of sp³-hybridized carbons (Fsp3) is 0.125. The highest BCUT2D eigenvalue weighted by molar-refractivity contribution is 5.57. The number of hydrogen-bond donors (Lipinski definition) is 0. The van der Waals surface area contributed by atoms with Crippen LogP contribution in [0.25, 0.3) is 22.8 Å². The zero-order chi connectivity index (χ0) is 13.9. The normalized spacial score (nSPS) is 10.5. The van der Waals surface area contributed by atoms with Gasteiger partial charge in [-0.2, -0.15) is 0 Å². The molecule has 0 saturated carbocycles. The topological polar surface area (TPSA) is 51.6 Å². The molecule has 98 valence electrons. The van der Waals surface area contributed by atoms with Gasteiger partial charge in [0, 0.05) is 11.1 Å². The third kappa shape index (κ3) is 2.54. The van der Waals surface area contributed by atoms with Crippen LogP contribution in [-0.2, 0) is 0 Å². The van der Waals surface area contributed by atoms with E-state index < -0.39 is 0 Å². The third-order valence-electron chi connectivity index (χ3n) is 3.03. The highest BCUT2D eigenvalue weighted by atomic mass is 15.3. The molecule has 0 aliphatic carbocycles. The highest BCUT2D eigenvalue weighted by Gasteiger charge is 2.06. The van der Waals surface area contributed by atoms with Crippen LogP contribution < -0.4 is 0 Å². The number of hydrogen-bond acceptors (Lipinski definition) is 4. The summed E-state index contributed by atoms with van der Waals surface area (Å²) in [4.78, 5) is 0. The summed E-state index contributed by atoms with van der Waals surface area (Å²) in [7, 11) is 0. The Morgan fingerprint density at radius 3 is 1.35 bits per heavy atom. The van der Waals surface area contributed by atoms with Gasteiger partial charge in [0.2, 0.25) is 11.6 Å². The van der Waals surface area contributed by atoms with E-state index in [0.29, 0.717) is 11.6 Å². The third-order valence-corrected chi connectivity index (χ3v) is 3.03. The van der Waals surface area contributed by atoms with Crippen molar-refractivity contribution in [2.24, 2.45) is 0 Å². The molecule has 0 aliphatic rings. The van der Waals surface area contributed by atoms with Gasteiger partial charge in [-0.1, -0.05) is 47.5 Å². The molecule has 4 nitrogen and oxygen atoms in total. The van der Waals surface area contributed by atoms with Crippen molar-refractivity contribution in [2.75, 3.05) is 0 Å². The molecule has 20 heavy (non-hydrogen) atoms. The molecule has 0 fully saturated rings. The Hall–Kier alpha value is -2.62. The Morgan fingerprint density at radius 2 is 1.00 bits per heavy atom. The van der Waals surface area contributed by atoms with Crippen molar-refractivity contribution in [3.8, 4) is 22.8 Å². The van der Waals surface area contributed by atoms with Crippen molar-refractivity contribution in [1.82, 2.24) is 20.4 Å². The molecule has 1 aromatic heterocycles. The minimum absolute atomic E-state index is 0.546. The number of nitrogens with zero attached hydrogens (tertiary/aromatic N) is 4. The fourth-order valence-electron chi connectivity index (χ4n) is 2.03. The van der Waals surface area contributed by atoms with E-state index in [9.17, 15) is 0 Å². The van der Waals surface area contributed by atoms with Gasteiger partial charge in [0.05, 0.1) is 0 Å². The van der Waals surface area contributed by atoms with Gasteiger partial charge < -0.3 is 0 Å². The van der Waals surface area contributed by atoms with Gasteiger partial charge in [-0.15, -0.1) is 20.4 Å². The van der Waals surface area contributed by atoms with E-state index >= 15 is 0 Å². The molecule has 0 bridgehead atoms. The standard InChI is InChI=1S/C16H14N4/c1-11-5-3-7-13(9-11)15-17-19-16(20-18-15)14-8-4-6-12(2)10-14/h3-10H,1-2H3. The van der Waals surface area contributed by atoms with E-state index in [1.165, 1.54) is 0 Å². The van der Waals surface area contributed by atoms with Crippen LogP contribution in [0.4, 0.5) is 0 Å². The molecule has 0 N–H and O–H groups in total. The van der Waals surface area contributed by atoms with Crippen LogP contribution in [0, 0.1) is 13.8 Å². The van der Waals surface area contributed by atoms with E-state index in [4.69, 9.17) is 0 Å². The largest absolute Gasteiger partial charge is 0.203 e. The van der Waals surface area contributed by atoms with Crippen molar-refractivity contribution in [3.05, 3.63) is 59.7 Å². The summed E-state index contributed by atoms with van der Waals surface area (Å²) in [5.74, 6) is 1.09. The van der Waals surface area contributed by atoms with Crippen LogP contribution >= 0.6 is 0 Å². The summed E-state index contributed by atoms with van der Waals surface area (Å²) >= 11 is 0. The zero-order valence-electron chi connectivity index (χ0n) is 11.4. The fourth-order valence-corrected chi connectivity index (χ4v) is 2.03. The van der Waals surface area contributed by atoms with Crippen LogP contribution in [0.1, 0.15) is 11.1 Å². The summed E-state index contributed by atoms with van der Waals surface area (Å²) in [6.07, 6.45) is 0. The van der Waals surface area contributed by atoms with Crippen molar-refractivity contribution in [1.29, 1.82) is 0 Å². The monoisotopic (exact) mass is 262 g/mol. The lowest BCUT2D eigenvalue weighted by molar-refractivity contribution is 0.876. The molecular formula is C16H14N4. The average molecular weight is 262 g/mol. The minimum Gasteiger partial charge on any atom is -0.126 e. The Bertz CT molecular complexity index is 671. The molecule has 0 saturated heterocycles. The molecule has 1 heterocycles. The quantitative estimate of drug-likeness (QED) is 0.711. The molecule has 0 atom stereocenters. The highest BCUT2D eigenvalue weighted by Crippen LogP contribution is 2.17. The summed E-state index contributed by atoms with van der Waals surface area (Å²) < 4.78 is 0. The summed E-state index contributed by atoms with van der Waals surface area (Å²) in [5, 5.41) is 16.7. The van der Waals surface area contributed by atoms with Crippen molar-refractivity contribution in [2.45, 2.75) is 13.8 Å². The van der Waals surface area contributed by atoms with Gasteiger partial charge in [-0.3, -0.25) is 0 Å². The smallest absolute Gasteiger partial charge is 0.126 e. The Balaban J connectivity index is 1.96. The summed E-state index contributed by atoms with van der Waals surface area (Å²) in [6.45, 7) is 4.07. The van der Waals surface area contributed by atoms with E-state index in [-0.39, 0.29) is 0 Å². The number of aryl methyl sites for hydroxylation is 2. The summed E-state index contributed by atoms with van der Waals surface area (Å²) in [5.41, 5.74) is 4.18. The lowest BCUT2D eigenvalue weighted by Crippen LogP contribution is -1.99. The van der Waals surface area contributed by atoms with E-state index in [0.717, 1.165) is 22.3 Å². The second kappa shape index (κ2) is 5.17. The Kier molecular flexibility index (Phi) is 3.21.